The zero-order valence-corrected chi connectivity index (χ0v) is 19.8. The summed E-state index contributed by atoms with van der Waals surface area (Å²) in [7, 11) is 1.57. The number of aromatic amines is 1. The predicted octanol–water partition coefficient (Wildman–Crippen LogP) is 3.15. The molecule has 0 saturated carbocycles. The fourth-order valence-electron chi connectivity index (χ4n) is 3.65. The number of nitrogens with zero attached hydrogens (tertiary/aromatic N) is 3. The number of H-pyrrole nitrogens is 1. The lowest BCUT2D eigenvalue weighted by molar-refractivity contribution is 0.0921. The Balaban J connectivity index is 1.60. The van der Waals surface area contributed by atoms with Gasteiger partial charge in [-0.25, -0.2) is 9.78 Å². The van der Waals surface area contributed by atoms with Gasteiger partial charge in [-0.05, 0) is 23.8 Å². The van der Waals surface area contributed by atoms with Gasteiger partial charge in [-0.15, -0.1) is 0 Å². The van der Waals surface area contributed by atoms with Crippen molar-refractivity contribution in [2.75, 3.05) is 12.4 Å². The van der Waals surface area contributed by atoms with E-state index in [9.17, 15) is 14.7 Å². The molecule has 4 rings (SSSR count). The molecule has 8 nitrogen and oxygen atoms in total. The molecule has 4 aromatic rings. The predicted molar refractivity (Wildman–Crippen MR) is 131 cm³/mol. The summed E-state index contributed by atoms with van der Waals surface area (Å²) in [6, 6.07) is 13.7. The fraction of sp³-hybridized carbons (Fsp3) is 0.375. The molecule has 0 fully saturated rings. The number of fused-ring (bicyclic) bond motifs is 2. The first-order valence-corrected chi connectivity index (χ1v) is 11.9. The van der Waals surface area contributed by atoms with Crippen LogP contribution in [0.3, 0.4) is 0 Å². The molecule has 0 bridgehead atoms. The zero-order valence-electron chi connectivity index (χ0n) is 18.9. The number of hydrogen-bond donors (Lipinski definition) is 2. The van der Waals surface area contributed by atoms with Gasteiger partial charge in [-0.2, -0.15) is 0 Å². The molecule has 0 radical (unpaired) electrons. The monoisotopic (exact) mass is 468 g/mol. The number of benzene rings is 2. The number of aryl methyl sites for hydroxylation is 1. The summed E-state index contributed by atoms with van der Waals surface area (Å²) < 4.78 is 8.94. The van der Waals surface area contributed by atoms with Crippen LogP contribution in [0.4, 0.5) is 0 Å². The number of aliphatic hydroxyl groups is 1. The van der Waals surface area contributed by atoms with Gasteiger partial charge in [0.05, 0.1) is 6.54 Å². The fourth-order valence-corrected chi connectivity index (χ4v) is 4.90. The molecule has 9 heteroatoms. The smallest absolute Gasteiger partial charge is 0.329 e. The first-order chi connectivity index (χ1) is 15.8. The topological polar surface area (TPSA) is 102 Å². The lowest BCUT2D eigenvalue weighted by Crippen LogP contribution is -2.30. The van der Waals surface area contributed by atoms with Gasteiger partial charge in [-0.3, -0.25) is 14.3 Å². The van der Waals surface area contributed by atoms with Crippen LogP contribution in [0.15, 0.2) is 57.2 Å². The van der Waals surface area contributed by atoms with Crippen molar-refractivity contribution in [3.8, 4) is 5.75 Å². The van der Waals surface area contributed by atoms with Gasteiger partial charge in [0, 0.05) is 18.2 Å². The van der Waals surface area contributed by atoms with Crippen LogP contribution >= 0.6 is 11.8 Å². The highest BCUT2D eigenvalue weighted by Gasteiger charge is 2.20. The summed E-state index contributed by atoms with van der Waals surface area (Å²) in [5.41, 5.74) is -0.458. The number of aliphatic hydroxyl groups excluding tert-OH is 1. The van der Waals surface area contributed by atoms with Crippen LogP contribution < -0.4 is 16.0 Å². The van der Waals surface area contributed by atoms with Crippen LogP contribution in [0.5, 0.6) is 5.75 Å². The molecule has 174 valence electrons. The second-order valence-corrected chi connectivity index (χ2v) is 9.53. The van der Waals surface area contributed by atoms with E-state index in [0.717, 1.165) is 22.9 Å². The summed E-state index contributed by atoms with van der Waals surface area (Å²) in [4.78, 5) is 31.6. The minimum atomic E-state index is -0.887. The molecule has 0 amide bonds. The van der Waals surface area contributed by atoms with E-state index < -0.39 is 17.4 Å². The second-order valence-electron chi connectivity index (χ2n) is 8.47. The number of ether oxygens (including phenoxy) is 1. The third-order valence-electron chi connectivity index (χ3n) is 5.47. The highest BCUT2D eigenvalue weighted by atomic mass is 32.2. The van der Waals surface area contributed by atoms with E-state index in [1.54, 1.807) is 11.6 Å². The molecule has 0 unspecified atom stereocenters. The third-order valence-corrected chi connectivity index (χ3v) is 6.48. The van der Waals surface area contributed by atoms with E-state index in [1.807, 2.05) is 42.5 Å². The molecule has 2 aromatic carbocycles. The first kappa shape index (κ1) is 23.1. The molecule has 2 aromatic heterocycles. The van der Waals surface area contributed by atoms with Crippen LogP contribution in [0.25, 0.3) is 21.9 Å². The maximum Gasteiger partial charge on any atom is 0.329 e. The van der Waals surface area contributed by atoms with Crippen molar-refractivity contribution in [1.82, 2.24) is 19.1 Å². The van der Waals surface area contributed by atoms with Gasteiger partial charge in [0.1, 0.15) is 18.5 Å². The van der Waals surface area contributed by atoms with E-state index >= 15 is 0 Å². The molecule has 0 aliphatic rings. The largest absolute Gasteiger partial charge is 0.490 e. The Morgan fingerprint density at radius 3 is 2.70 bits per heavy atom. The van der Waals surface area contributed by atoms with Crippen molar-refractivity contribution >= 4 is 33.7 Å². The van der Waals surface area contributed by atoms with Crippen molar-refractivity contribution in [2.45, 2.75) is 38.1 Å². The molecule has 1 atom stereocenters. The lowest BCUT2D eigenvalue weighted by Gasteiger charge is -2.16. The van der Waals surface area contributed by atoms with Gasteiger partial charge < -0.3 is 14.4 Å². The van der Waals surface area contributed by atoms with Crippen LogP contribution in [-0.2, 0) is 13.6 Å². The molecule has 0 saturated heterocycles. The summed E-state index contributed by atoms with van der Waals surface area (Å²) in [6.07, 6.45) is 0.0954. The van der Waals surface area contributed by atoms with Crippen molar-refractivity contribution in [3.05, 3.63) is 63.3 Å². The SMILES string of the molecule is CC(C)CCSc1nc2c(c(=O)[nH]c(=O)n2C)n1C[C@H](O)COc1cccc2ccccc12. The Labute approximate surface area is 195 Å². The number of nitrogens with one attached hydrogen (secondary N) is 1. The summed E-state index contributed by atoms with van der Waals surface area (Å²) >= 11 is 1.51. The van der Waals surface area contributed by atoms with E-state index in [-0.39, 0.29) is 18.7 Å². The molecular weight excluding hydrogens is 440 g/mol. The molecule has 0 aliphatic carbocycles. The number of imidazole rings is 1. The van der Waals surface area contributed by atoms with Crippen LogP contribution in [-0.4, -0.2) is 42.7 Å². The molecule has 0 spiro atoms. The molecule has 0 aliphatic heterocycles. The van der Waals surface area contributed by atoms with E-state index in [2.05, 4.69) is 23.8 Å². The van der Waals surface area contributed by atoms with Crippen LogP contribution in [0.2, 0.25) is 0 Å². The van der Waals surface area contributed by atoms with Crippen molar-refractivity contribution in [1.29, 1.82) is 0 Å². The number of aromatic nitrogens is 4. The Hall–Kier alpha value is -3.04. The van der Waals surface area contributed by atoms with Gasteiger partial charge in [0.15, 0.2) is 16.3 Å². The molecule has 33 heavy (non-hydrogen) atoms. The minimum Gasteiger partial charge on any atom is -0.490 e. The highest BCUT2D eigenvalue weighted by molar-refractivity contribution is 7.99. The maximum absolute atomic E-state index is 12.6. The van der Waals surface area contributed by atoms with Crippen molar-refractivity contribution in [3.63, 3.8) is 0 Å². The molecule has 2 N–H and O–H groups in total. The highest BCUT2D eigenvalue weighted by Crippen LogP contribution is 2.26. The van der Waals surface area contributed by atoms with Crippen LogP contribution in [0, 0.1) is 5.92 Å². The van der Waals surface area contributed by atoms with Gasteiger partial charge >= 0.3 is 5.69 Å². The second kappa shape index (κ2) is 9.84. The Kier molecular flexibility index (Phi) is 6.90. The average Bonchev–Trinajstić information content (AvgIpc) is 3.14. The Morgan fingerprint density at radius 2 is 1.91 bits per heavy atom. The van der Waals surface area contributed by atoms with Gasteiger partial charge in [0.25, 0.3) is 5.56 Å². The van der Waals surface area contributed by atoms with E-state index in [4.69, 9.17) is 4.74 Å². The number of thioether (sulfide) groups is 1. The lowest BCUT2D eigenvalue weighted by atomic mass is 10.1. The Morgan fingerprint density at radius 1 is 1.15 bits per heavy atom. The van der Waals surface area contributed by atoms with Crippen molar-refractivity contribution < 1.29 is 9.84 Å². The Bertz CT molecular complexity index is 1380. The maximum atomic E-state index is 12.6. The summed E-state index contributed by atoms with van der Waals surface area (Å²) in [6.45, 7) is 4.46. The van der Waals surface area contributed by atoms with Crippen LogP contribution in [0.1, 0.15) is 20.3 Å². The quantitative estimate of drug-likeness (QED) is 0.366. The van der Waals surface area contributed by atoms with Crippen molar-refractivity contribution in [2.24, 2.45) is 13.0 Å². The van der Waals surface area contributed by atoms with E-state index in [0.29, 0.717) is 22.5 Å². The normalized spacial score (nSPS) is 12.6. The number of hydrogen-bond acceptors (Lipinski definition) is 6. The number of rotatable bonds is 9. The molecular formula is C24H28N4O4S. The summed E-state index contributed by atoms with van der Waals surface area (Å²) in [5.74, 6) is 2.03. The van der Waals surface area contributed by atoms with Gasteiger partial charge in [0.2, 0.25) is 0 Å². The standard InChI is InChI=1S/C24H28N4O4S/c1-15(2)11-12-33-24-25-21-20(22(30)26-23(31)27(21)3)28(24)13-17(29)14-32-19-10-6-8-16-7-4-5-9-18(16)19/h4-10,15,17,29H,11-14H2,1-3H3,(H,26,30,31)/t17-/m0/s1. The average molecular weight is 469 g/mol. The van der Waals surface area contributed by atoms with E-state index in [1.165, 1.54) is 16.3 Å². The molecule has 2 heterocycles. The first-order valence-electron chi connectivity index (χ1n) is 11.0. The zero-order chi connectivity index (χ0) is 23.5. The third kappa shape index (κ3) is 4.99. The summed E-state index contributed by atoms with van der Waals surface area (Å²) in [5, 5.41) is 13.4. The van der Waals surface area contributed by atoms with Gasteiger partial charge in [-0.1, -0.05) is 62.0 Å². The minimum absolute atomic E-state index is 0.0491.